The summed E-state index contributed by atoms with van der Waals surface area (Å²) in [6.07, 6.45) is 8.02. The Bertz CT molecular complexity index is 1030. The maximum atomic E-state index is 14.3. The number of nitrogens with one attached hydrogen (secondary N) is 1. The molecule has 2 fully saturated rings. The molecule has 1 saturated carbocycles. The number of carbonyl (C=O) groups excluding carboxylic acids is 1. The first kappa shape index (κ1) is 26.6. The topological polar surface area (TPSA) is 32.3 Å². The van der Waals surface area contributed by atoms with Gasteiger partial charge in [0, 0.05) is 33.8 Å². The minimum absolute atomic E-state index is 0.0712. The van der Waals surface area contributed by atoms with Crippen molar-refractivity contribution in [2.45, 2.75) is 75.6 Å². The predicted molar refractivity (Wildman–Crippen MR) is 150 cm³/mol. The molecule has 35 heavy (non-hydrogen) atoms. The number of likely N-dealkylation sites (tertiary alicyclic amines) is 1. The van der Waals surface area contributed by atoms with E-state index in [-0.39, 0.29) is 23.9 Å². The SMILES string of the molecule is C=CC[C@@]1(C)C[C@H](c2cccc(Cl)c2)[C@@H](c2ccc(Cl)cc2)N([C@@H](CC)CNSC2CCC2)C1=O. The molecule has 0 unspecified atom stereocenters. The van der Waals surface area contributed by atoms with Crippen molar-refractivity contribution in [1.82, 2.24) is 9.62 Å². The van der Waals surface area contributed by atoms with Gasteiger partial charge in [-0.25, -0.2) is 0 Å². The van der Waals surface area contributed by atoms with Crippen molar-refractivity contribution in [3.05, 3.63) is 82.4 Å². The van der Waals surface area contributed by atoms with Crippen LogP contribution in [0.4, 0.5) is 0 Å². The van der Waals surface area contributed by atoms with Crippen molar-refractivity contribution in [3.63, 3.8) is 0 Å². The van der Waals surface area contributed by atoms with Gasteiger partial charge in [-0.1, -0.05) is 85.8 Å². The molecular formula is C29H36Cl2N2OS. The Morgan fingerprint density at radius 2 is 1.91 bits per heavy atom. The Morgan fingerprint density at radius 3 is 2.51 bits per heavy atom. The summed E-state index contributed by atoms with van der Waals surface area (Å²) in [5, 5.41) is 2.11. The summed E-state index contributed by atoms with van der Waals surface area (Å²) in [6, 6.07) is 16.1. The van der Waals surface area contributed by atoms with Crippen LogP contribution in [0.15, 0.2) is 61.2 Å². The molecular weight excluding hydrogens is 495 g/mol. The largest absolute Gasteiger partial charge is 0.330 e. The second-order valence-corrected chi connectivity index (χ2v) is 12.3. The van der Waals surface area contributed by atoms with Crippen molar-refractivity contribution in [1.29, 1.82) is 0 Å². The molecule has 1 N–H and O–H groups in total. The molecule has 0 radical (unpaired) electrons. The highest BCUT2D eigenvalue weighted by Crippen LogP contribution is 2.52. The molecule has 4 rings (SSSR count). The van der Waals surface area contributed by atoms with E-state index in [0.717, 1.165) is 35.5 Å². The van der Waals surface area contributed by atoms with Gasteiger partial charge < -0.3 is 4.90 Å². The minimum Gasteiger partial charge on any atom is -0.330 e. The van der Waals surface area contributed by atoms with E-state index in [4.69, 9.17) is 23.2 Å². The highest BCUT2D eigenvalue weighted by molar-refractivity contribution is 7.98. The van der Waals surface area contributed by atoms with E-state index in [0.29, 0.717) is 16.7 Å². The van der Waals surface area contributed by atoms with Crippen molar-refractivity contribution in [3.8, 4) is 0 Å². The van der Waals surface area contributed by atoms with Crippen LogP contribution in [-0.4, -0.2) is 28.6 Å². The monoisotopic (exact) mass is 530 g/mol. The first-order valence-corrected chi connectivity index (χ1v) is 14.3. The lowest BCUT2D eigenvalue weighted by Crippen LogP contribution is -2.57. The molecule has 4 atom stereocenters. The number of halogens is 2. The van der Waals surface area contributed by atoms with Crippen LogP contribution in [0.25, 0.3) is 0 Å². The molecule has 1 amide bonds. The lowest BCUT2D eigenvalue weighted by Gasteiger charge is -2.52. The summed E-state index contributed by atoms with van der Waals surface area (Å²) in [5.74, 6) is 0.309. The average molecular weight is 532 g/mol. The zero-order valence-corrected chi connectivity index (χ0v) is 23.0. The number of hydrogen-bond acceptors (Lipinski definition) is 3. The third-order valence-electron chi connectivity index (χ3n) is 7.67. The smallest absolute Gasteiger partial charge is 0.229 e. The lowest BCUT2D eigenvalue weighted by atomic mass is 9.67. The van der Waals surface area contributed by atoms with Crippen LogP contribution in [0, 0.1) is 5.41 Å². The Kier molecular flexibility index (Phi) is 8.91. The van der Waals surface area contributed by atoms with E-state index in [1.807, 2.05) is 42.3 Å². The summed E-state index contributed by atoms with van der Waals surface area (Å²) < 4.78 is 3.62. The molecule has 6 heteroatoms. The Labute approximate surface area is 224 Å². The Hall–Kier alpha value is -1.46. The van der Waals surface area contributed by atoms with Gasteiger partial charge in [0.2, 0.25) is 5.91 Å². The number of benzene rings is 2. The summed E-state index contributed by atoms with van der Waals surface area (Å²) in [5.41, 5.74) is 1.75. The maximum Gasteiger partial charge on any atom is 0.229 e. The van der Waals surface area contributed by atoms with Gasteiger partial charge in [-0.3, -0.25) is 9.52 Å². The van der Waals surface area contributed by atoms with Gasteiger partial charge >= 0.3 is 0 Å². The fourth-order valence-corrected chi connectivity index (χ4v) is 6.90. The quantitative estimate of drug-likeness (QED) is 0.248. The Balaban J connectivity index is 1.77. The number of hydrogen-bond donors (Lipinski definition) is 1. The summed E-state index contributed by atoms with van der Waals surface area (Å²) in [7, 11) is 0. The predicted octanol–water partition coefficient (Wildman–Crippen LogP) is 8.20. The van der Waals surface area contributed by atoms with Crippen molar-refractivity contribution >= 4 is 41.1 Å². The fraction of sp³-hybridized carbons (Fsp3) is 0.483. The van der Waals surface area contributed by atoms with Crippen molar-refractivity contribution < 1.29 is 4.79 Å². The van der Waals surface area contributed by atoms with Crippen molar-refractivity contribution in [2.24, 2.45) is 5.41 Å². The zero-order chi connectivity index (χ0) is 25.0. The van der Waals surface area contributed by atoms with Gasteiger partial charge in [0.15, 0.2) is 0 Å². The van der Waals surface area contributed by atoms with Gasteiger partial charge in [-0.15, -0.1) is 6.58 Å². The molecule has 0 bridgehead atoms. The molecule has 1 aliphatic carbocycles. The molecule has 2 aromatic carbocycles. The summed E-state index contributed by atoms with van der Waals surface area (Å²) in [6.45, 7) is 9.03. The number of nitrogens with zero attached hydrogens (tertiary/aromatic N) is 1. The first-order chi connectivity index (χ1) is 16.9. The molecule has 2 aliphatic rings. The van der Waals surface area contributed by atoms with Crippen LogP contribution in [0.1, 0.15) is 75.5 Å². The van der Waals surface area contributed by atoms with E-state index in [1.54, 1.807) is 0 Å². The molecule has 1 heterocycles. The fourth-order valence-electron chi connectivity index (χ4n) is 5.48. The second kappa shape index (κ2) is 11.7. The number of allylic oxidation sites excluding steroid dienone is 1. The highest BCUT2D eigenvalue weighted by Gasteiger charge is 2.50. The molecule has 0 aromatic heterocycles. The third-order valence-corrected chi connectivity index (χ3v) is 9.30. The van der Waals surface area contributed by atoms with Gasteiger partial charge in [-0.2, -0.15) is 0 Å². The van der Waals surface area contributed by atoms with Crippen LogP contribution < -0.4 is 4.72 Å². The summed E-state index contributed by atoms with van der Waals surface area (Å²) >= 11 is 14.6. The standard InChI is InChI=1S/C29H36Cl2N2OS/c1-4-16-29(3)18-26(21-8-6-9-23(31)17-21)27(20-12-14-22(30)15-13-20)33(28(29)34)24(5-2)19-32-35-25-10-7-11-25/h4,6,8-9,12-15,17,24-27,32H,1,5,7,10-11,16,18-19H2,2-3H3/t24-,26+,27+,29-/m0/s1. The highest BCUT2D eigenvalue weighted by atomic mass is 35.5. The number of amides is 1. The average Bonchev–Trinajstić information content (AvgIpc) is 2.81. The van der Waals surface area contributed by atoms with E-state index in [9.17, 15) is 4.79 Å². The molecule has 1 saturated heterocycles. The number of rotatable bonds is 10. The van der Waals surface area contributed by atoms with E-state index < -0.39 is 5.41 Å². The second-order valence-electron chi connectivity index (χ2n) is 10.2. The van der Waals surface area contributed by atoms with Gasteiger partial charge in [0.25, 0.3) is 0 Å². The van der Waals surface area contributed by atoms with Crippen LogP contribution in [-0.2, 0) is 4.79 Å². The number of piperidine rings is 1. The van der Waals surface area contributed by atoms with Gasteiger partial charge in [-0.05, 0) is 67.5 Å². The van der Waals surface area contributed by atoms with Gasteiger partial charge in [0.05, 0.1) is 11.5 Å². The molecule has 0 spiro atoms. The lowest BCUT2D eigenvalue weighted by molar-refractivity contribution is -0.154. The third kappa shape index (κ3) is 5.93. The Morgan fingerprint density at radius 1 is 1.17 bits per heavy atom. The summed E-state index contributed by atoms with van der Waals surface area (Å²) in [4.78, 5) is 16.5. The molecule has 3 nitrogen and oxygen atoms in total. The van der Waals surface area contributed by atoms with Crippen LogP contribution in [0.2, 0.25) is 10.0 Å². The molecule has 2 aromatic rings. The van der Waals surface area contributed by atoms with E-state index >= 15 is 0 Å². The van der Waals surface area contributed by atoms with Crippen LogP contribution >= 0.6 is 35.1 Å². The van der Waals surface area contributed by atoms with E-state index in [2.05, 4.69) is 54.3 Å². The van der Waals surface area contributed by atoms with Crippen LogP contribution in [0.3, 0.4) is 0 Å². The van der Waals surface area contributed by atoms with Crippen molar-refractivity contribution in [2.75, 3.05) is 6.54 Å². The van der Waals surface area contributed by atoms with Gasteiger partial charge in [0.1, 0.15) is 0 Å². The normalized spacial score (nSPS) is 25.8. The number of carbonyl (C=O) groups is 1. The first-order valence-electron chi connectivity index (χ1n) is 12.7. The minimum atomic E-state index is -0.522. The van der Waals surface area contributed by atoms with E-state index in [1.165, 1.54) is 19.3 Å². The molecule has 188 valence electrons. The van der Waals surface area contributed by atoms with Crippen LogP contribution in [0.5, 0.6) is 0 Å². The zero-order valence-electron chi connectivity index (χ0n) is 20.7. The maximum absolute atomic E-state index is 14.3. The molecule has 1 aliphatic heterocycles.